The van der Waals surface area contributed by atoms with E-state index in [-0.39, 0.29) is 18.1 Å². The van der Waals surface area contributed by atoms with E-state index in [0.29, 0.717) is 13.1 Å². The van der Waals surface area contributed by atoms with Crippen molar-refractivity contribution in [1.82, 2.24) is 10.2 Å². The average Bonchev–Trinajstić information content (AvgIpc) is 2.07. The van der Waals surface area contributed by atoms with E-state index in [2.05, 4.69) is 5.32 Å². The van der Waals surface area contributed by atoms with Crippen molar-refractivity contribution < 1.29 is 9.90 Å². The van der Waals surface area contributed by atoms with Crippen molar-refractivity contribution in [2.45, 2.75) is 12.1 Å². The van der Waals surface area contributed by atoms with E-state index in [4.69, 9.17) is 0 Å². The van der Waals surface area contributed by atoms with Gasteiger partial charge in [-0.3, -0.25) is 9.69 Å². The molecule has 4 heteroatoms. The van der Waals surface area contributed by atoms with Gasteiger partial charge in [0.15, 0.2) is 0 Å². The first kappa shape index (κ1) is 6.12. The van der Waals surface area contributed by atoms with E-state index in [1.807, 2.05) is 4.90 Å². The van der Waals surface area contributed by atoms with Crippen molar-refractivity contribution in [2.24, 2.45) is 0 Å². The Balaban J connectivity index is 2.13. The predicted molar refractivity (Wildman–Crippen MR) is 34.4 cm³/mol. The zero-order chi connectivity index (χ0) is 7.14. The fraction of sp³-hybridized carbons (Fsp3) is 0.833. The number of aliphatic hydroxyl groups excluding tert-OH is 1. The third kappa shape index (κ3) is 0.803. The highest BCUT2D eigenvalue weighted by molar-refractivity contribution is 5.79. The fourth-order valence-corrected chi connectivity index (χ4v) is 1.59. The van der Waals surface area contributed by atoms with Gasteiger partial charge < -0.3 is 10.4 Å². The summed E-state index contributed by atoms with van der Waals surface area (Å²) in [4.78, 5) is 12.8. The van der Waals surface area contributed by atoms with E-state index in [1.54, 1.807) is 0 Å². The Bertz CT molecular complexity index is 169. The van der Waals surface area contributed by atoms with Crippen LogP contribution in [0.1, 0.15) is 0 Å². The molecule has 0 saturated carbocycles. The normalized spacial score (nSPS) is 45.3. The fourth-order valence-electron chi connectivity index (χ4n) is 1.59. The van der Waals surface area contributed by atoms with Crippen LogP contribution in [0.3, 0.4) is 0 Å². The summed E-state index contributed by atoms with van der Waals surface area (Å²) in [7, 11) is 0. The summed E-state index contributed by atoms with van der Waals surface area (Å²) in [5, 5.41) is 12.0. The number of rotatable bonds is 0. The summed E-state index contributed by atoms with van der Waals surface area (Å²) >= 11 is 0. The number of piperazine rings is 1. The van der Waals surface area contributed by atoms with Crippen LogP contribution in [0.4, 0.5) is 0 Å². The standard InChI is InChI=1S/C6H10N2O2/c9-5-2-8-1-4(5)7-6(10)3-8/h4-5,9H,1-3H2,(H,7,10)/t4-,5+/m1/s1. The summed E-state index contributed by atoms with van der Waals surface area (Å²) in [6, 6.07) is -0.0127. The van der Waals surface area contributed by atoms with Crippen LogP contribution >= 0.6 is 0 Å². The van der Waals surface area contributed by atoms with Crippen LogP contribution in [0.2, 0.25) is 0 Å². The molecule has 2 bridgehead atoms. The number of nitrogens with zero attached hydrogens (tertiary/aromatic N) is 1. The van der Waals surface area contributed by atoms with E-state index in [9.17, 15) is 9.90 Å². The van der Waals surface area contributed by atoms with Crippen molar-refractivity contribution in [3.05, 3.63) is 0 Å². The van der Waals surface area contributed by atoms with Crippen molar-refractivity contribution in [3.8, 4) is 0 Å². The minimum Gasteiger partial charge on any atom is -0.390 e. The number of carbonyl (C=O) groups excluding carboxylic acids is 1. The molecule has 2 heterocycles. The quantitative estimate of drug-likeness (QED) is 0.418. The second-order valence-electron chi connectivity index (χ2n) is 2.94. The first-order valence-corrected chi connectivity index (χ1v) is 3.45. The monoisotopic (exact) mass is 142 g/mol. The SMILES string of the molecule is O=C1CN2C[C@H](O)[C@@H](C2)N1. The maximum absolute atomic E-state index is 10.8. The number of aliphatic hydroxyl groups is 1. The average molecular weight is 142 g/mol. The molecular formula is C6H10N2O2. The second kappa shape index (κ2) is 1.93. The zero-order valence-corrected chi connectivity index (χ0v) is 5.58. The van der Waals surface area contributed by atoms with Gasteiger partial charge in [-0.25, -0.2) is 0 Å². The molecule has 1 unspecified atom stereocenters. The Morgan fingerprint density at radius 2 is 2.40 bits per heavy atom. The highest BCUT2D eigenvalue weighted by Gasteiger charge is 2.37. The maximum atomic E-state index is 10.8. The number of carbonyl (C=O) groups is 1. The van der Waals surface area contributed by atoms with Gasteiger partial charge in [0, 0.05) is 13.1 Å². The van der Waals surface area contributed by atoms with E-state index in [0.717, 1.165) is 6.54 Å². The van der Waals surface area contributed by atoms with Gasteiger partial charge in [0.25, 0.3) is 0 Å². The lowest BCUT2D eigenvalue weighted by molar-refractivity contribution is -0.124. The molecule has 3 atom stereocenters. The van der Waals surface area contributed by atoms with E-state index >= 15 is 0 Å². The molecule has 2 aliphatic heterocycles. The van der Waals surface area contributed by atoms with Crippen LogP contribution < -0.4 is 5.32 Å². The Morgan fingerprint density at radius 1 is 1.60 bits per heavy atom. The molecule has 2 fully saturated rings. The zero-order valence-electron chi connectivity index (χ0n) is 5.58. The lowest BCUT2D eigenvalue weighted by atomic mass is 10.2. The molecule has 2 rings (SSSR count). The van der Waals surface area contributed by atoms with Crippen LogP contribution in [0.5, 0.6) is 0 Å². The lowest BCUT2D eigenvalue weighted by Crippen LogP contribution is -2.49. The Morgan fingerprint density at radius 3 is 3.10 bits per heavy atom. The predicted octanol–water partition coefficient (Wildman–Crippen LogP) is -1.84. The van der Waals surface area contributed by atoms with Gasteiger partial charge in [0.05, 0.1) is 18.7 Å². The number of fused-ring (bicyclic) bond motifs is 2. The van der Waals surface area contributed by atoms with Crippen molar-refractivity contribution in [1.29, 1.82) is 0 Å². The molecular weight excluding hydrogens is 132 g/mol. The van der Waals surface area contributed by atoms with Gasteiger partial charge in [-0.1, -0.05) is 0 Å². The molecule has 10 heavy (non-hydrogen) atoms. The summed E-state index contributed by atoms with van der Waals surface area (Å²) < 4.78 is 0. The third-order valence-corrected chi connectivity index (χ3v) is 2.08. The number of nitrogens with one attached hydrogen (secondary N) is 1. The Hall–Kier alpha value is -0.610. The molecule has 2 saturated heterocycles. The Kier molecular flexibility index (Phi) is 1.18. The van der Waals surface area contributed by atoms with E-state index in [1.165, 1.54) is 0 Å². The van der Waals surface area contributed by atoms with Crippen molar-refractivity contribution in [2.75, 3.05) is 19.6 Å². The molecule has 4 nitrogen and oxygen atoms in total. The minimum atomic E-state index is -0.355. The van der Waals surface area contributed by atoms with Crippen LogP contribution in [0.25, 0.3) is 0 Å². The third-order valence-electron chi connectivity index (χ3n) is 2.08. The first-order valence-electron chi connectivity index (χ1n) is 3.45. The van der Waals surface area contributed by atoms with Gasteiger partial charge in [-0.2, -0.15) is 0 Å². The molecule has 0 aliphatic carbocycles. The molecule has 0 aromatic rings. The molecule has 0 spiro atoms. The molecule has 0 aromatic carbocycles. The van der Waals surface area contributed by atoms with Crippen LogP contribution in [0, 0.1) is 0 Å². The summed E-state index contributed by atoms with van der Waals surface area (Å²) in [6.45, 7) is 1.91. The van der Waals surface area contributed by atoms with Gasteiger partial charge in [-0.15, -0.1) is 0 Å². The minimum absolute atomic E-state index is 0.0127. The van der Waals surface area contributed by atoms with Gasteiger partial charge in [-0.05, 0) is 0 Å². The molecule has 0 aromatic heterocycles. The van der Waals surface area contributed by atoms with E-state index < -0.39 is 0 Å². The van der Waals surface area contributed by atoms with Crippen LogP contribution in [-0.4, -0.2) is 47.7 Å². The molecule has 2 aliphatic rings. The van der Waals surface area contributed by atoms with Crippen LogP contribution in [0.15, 0.2) is 0 Å². The smallest absolute Gasteiger partial charge is 0.234 e. The van der Waals surface area contributed by atoms with Gasteiger partial charge >= 0.3 is 0 Å². The summed E-state index contributed by atoms with van der Waals surface area (Å²) in [6.07, 6.45) is -0.355. The lowest BCUT2D eigenvalue weighted by Gasteiger charge is -2.21. The van der Waals surface area contributed by atoms with Crippen molar-refractivity contribution in [3.63, 3.8) is 0 Å². The maximum Gasteiger partial charge on any atom is 0.234 e. The molecule has 56 valence electrons. The molecule has 0 radical (unpaired) electrons. The molecule has 1 amide bonds. The van der Waals surface area contributed by atoms with Crippen molar-refractivity contribution >= 4 is 5.91 Å². The van der Waals surface area contributed by atoms with Crippen LogP contribution in [-0.2, 0) is 4.79 Å². The molecule has 2 N–H and O–H groups in total. The number of amides is 1. The topological polar surface area (TPSA) is 52.6 Å². The second-order valence-corrected chi connectivity index (χ2v) is 2.94. The summed E-state index contributed by atoms with van der Waals surface area (Å²) in [5.41, 5.74) is 0. The Labute approximate surface area is 58.8 Å². The summed E-state index contributed by atoms with van der Waals surface area (Å²) in [5.74, 6) is 0.0350. The first-order chi connectivity index (χ1) is 4.75. The largest absolute Gasteiger partial charge is 0.390 e. The highest BCUT2D eigenvalue weighted by Crippen LogP contribution is 2.13. The van der Waals surface area contributed by atoms with Gasteiger partial charge in [0.2, 0.25) is 5.91 Å². The van der Waals surface area contributed by atoms with Gasteiger partial charge in [0.1, 0.15) is 0 Å². The number of hydrogen-bond donors (Lipinski definition) is 2. The highest BCUT2D eigenvalue weighted by atomic mass is 16.3. The number of hydrogen-bond acceptors (Lipinski definition) is 3.